The highest BCUT2D eigenvalue weighted by atomic mass is 16.5. The van der Waals surface area contributed by atoms with Crippen molar-refractivity contribution in [3.8, 4) is 0 Å². The Morgan fingerprint density at radius 3 is 2.29 bits per heavy atom. The summed E-state index contributed by atoms with van der Waals surface area (Å²) in [5.41, 5.74) is 2.11. The molecule has 0 saturated heterocycles. The summed E-state index contributed by atoms with van der Waals surface area (Å²) in [5.74, 6) is 0.264. The Kier molecular flexibility index (Phi) is 5.89. The summed E-state index contributed by atoms with van der Waals surface area (Å²) in [6, 6.07) is 10.8. The minimum absolute atomic E-state index is 0.0225. The zero-order chi connectivity index (χ0) is 17.5. The minimum Gasteiger partial charge on any atom is -0.462 e. The highest BCUT2D eigenvalue weighted by Crippen LogP contribution is 2.10. The summed E-state index contributed by atoms with van der Waals surface area (Å²) >= 11 is 0. The van der Waals surface area contributed by atoms with E-state index < -0.39 is 0 Å². The van der Waals surface area contributed by atoms with E-state index in [2.05, 4.69) is 10.3 Å². The summed E-state index contributed by atoms with van der Waals surface area (Å²) in [4.78, 5) is 29.1. The normalized spacial score (nSPS) is 10.1. The number of aromatic nitrogens is 1. The van der Waals surface area contributed by atoms with Crippen molar-refractivity contribution >= 4 is 17.7 Å². The maximum absolute atomic E-state index is 11.8. The van der Waals surface area contributed by atoms with Crippen molar-refractivity contribution in [2.45, 2.75) is 13.5 Å². The number of nitrogens with one attached hydrogen (secondary N) is 1. The average molecular weight is 327 g/mol. The third-order valence-electron chi connectivity index (χ3n) is 3.36. The van der Waals surface area contributed by atoms with Crippen molar-refractivity contribution in [3.05, 3.63) is 59.3 Å². The molecule has 0 aliphatic carbocycles. The third-order valence-corrected chi connectivity index (χ3v) is 3.36. The molecule has 0 radical (unpaired) electrons. The van der Waals surface area contributed by atoms with Crippen LogP contribution in [-0.2, 0) is 11.3 Å². The Hall–Kier alpha value is -2.89. The van der Waals surface area contributed by atoms with Crippen molar-refractivity contribution in [1.29, 1.82) is 0 Å². The molecule has 0 aliphatic heterocycles. The highest BCUT2D eigenvalue weighted by molar-refractivity contribution is 5.93. The van der Waals surface area contributed by atoms with Gasteiger partial charge in [0.05, 0.1) is 12.2 Å². The number of rotatable bonds is 6. The first-order valence-electron chi connectivity index (χ1n) is 7.69. The summed E-state index contributed by atoms with van der Waals surface area (Å²) in [7, 11) is 3.45. The Morgan fingerprint density at radius 1 is 1.08 bits per heavy atom. The molecule has 1 heterocycles. The van der Waals surface area contributed by atoms with Crippen molar-refractivity contribution in [2.24, 2.45) is 0 Å². The number of anilines is 1. The summed E-state index contributed by atoms with van der Waals surface area (Å²) in [6.07, 6.45) is 1.49. The Labute approximate surface area is 141 Å². The van der Waals surface area contributed by atoms with E-state index in [1.54, 1.807) is 50.2 Å². The standard InChI is InChI=1S/C18H21N3O3/c1-4-24-18(23)15-9-10-16(20-12-15)19-11-13-5-7-14(8-6-13)17(22)21(2)3/h5-10,12H,4,11H2,1-3H3,(H,19,20). The zero-order valence-corrected chi connectivity index (χ0v) is 14.1. The number of ether oxygens (including phenoxy) is 1. The summed E-state index contributed by atoms with van der Waals surface area (Å²) < 4.78 is 4.91. The van der Waals surface area contributed by atoms with Gasteiger partial charge in [0.25, 0.3) is 5.91 Å². The molecule has 6 nitrogen and oxygen atoms in total. The van der Waals surface area contributed by atoms with Gasteiger partial charge in [-0.2, -0.15) is 0 Å². The number of nitrogens with zero attached hydrogens (tertiary/aromatic N) is 2. The fourth-order valence-electron chi connectivity index (χ4n) is 2.05. The van der Waals surface area contributed by atoms with Crippen LogP contribution in [0.4, 0.5) is 5.82 Å². The van der Waals surface area contributed by atoms with E-state index in [0.29, 0.717) is 30.1 Å². The third kappa shape index (κ3) is 4.55. The topological polar surface area (TPSA) is 71.5 Å². The van der Waals surface area contributed by atoms with Crippen LogP contribution < -0.4 is 5.32 Å². The number of benzene rings is 1. The van der Waals surface area contributed by atoms with Crippen LogP contribution in [0.1, 0.15) is 33.2 Å². The van der Waals surface area contributed by atoms with Crippen LogP contribution in [0.3, 0.4) is 0 Å². The van der Waals surface area contributed by atoms with E-state index in [1.165, 1.54) is 6.20 Å². The molecule has 0 bridgehead atoms. The molecule has 0 unspecified atom stereocenters. The van der Waals surface area contributed by atoms with Crippen LogP contribution >= 0.6 is 0 Å². The average Bonchev–Trinajstić information content (AvgIpc) is 2.60. The molecule has 0 atom stereocenters. The first-order valence-corrected chi connectivity index (χ1v) is 7.69. The van der Waals surface area contributed by atoms with E-state index >= 15 is 0 Å². The minimum atomic E-state index is -0.377. The molecule has 0 spiro atoms. The lowest BCUT2D eigenvalue weighted by Crippen LogP contribution is -2.21. The van der Waals surface area contributed by atoms with Gasteiger partial charge in [0.2, 0.25) is 0 Å². The summed E-state index contributed by atoms with van der Waals surface area (Å²) in [5, 5.41) is 3.17. The predicted octanol–water partition coefficient (Wildman–Crippen LogP) is 2.57. The number of carbonyl (C=O) groups excluding carboxylic acids is 2. The van der Waals surface area contributed by atoms with Gasteiger partial charge in [-0.15, -0.1) is 0 Å². The van der Waals surface area contributed by atoms with Gasteiger partial charge in [-0.1, -0.05) is 12.1 Å². The molecule has 6 heteroatoms. The van der Waals surface area contributed by atoms with Gasteiger partial charge in [0, 0.05) is 32.4 Å². The van der Waals surface area contributed by atoms with E-state index in [1.807, 2.05) is 12.1 Å². The second-order valence-corrected chi connectivity index (χ2v) is 5.40. The first kappa shape index (κ1) is 17.5. The fraction of sp³-hybridized carbons (Fsp3) is 0.278. The van der Waals surface area contributed by atoms with Gasteiger partial charge in [-0.25, -0.2) is 9.78 Å². The number of hydrogen-bond acceptors (Lipinski definition) is 5. The fourth-order valence-corrected chi connectivity index (χ4v) is 2.05. The van der Waals surface area contributed by atoms with Crippen LogP contribution in [0.2, 0.25) is 0 Å². The quantitative estimate of drug-likeness (QED) is 0.826. The van der Waals surface area contributed by atoms with E-state index in [4.69, 9.17) is 4.74 Å². The Morgan fingerprint density at radius 2 is 1.75 bits per heavy atom. The molecule has 24 heavy (non-hydrogen) atoms. The van der Waals surface area contributed by atoms with Crippen molar-refractivity contribution < 1.29 is 14.3 Å². The van der Waals surface area contributed by atoms with Gasteiger partial charge in [0.15, 0.2) is 0 Å². The summed E-state index contributed by atoms with van der Waals surface area (Å²) in [6.45, 7) is 2.67. The maximum atomic E-state index is 11.8. The van der Waals surface area contributed by atoms with Gasteiger partial charge < -0.3 is 15.0 Å². The maximum Gasteiger partial charge on any atom is 0.339 e. The second kappa shape index (κ2) is 8.10. The predicted molar refractivity (Wildman–Crippen MR) is 92.0 cm³/mol. The van der Waals surface area contributed by atoms with Crippen LogP contribution in [0.25, 0.3) is 0 Å². The van der Waals surface area contributed by atoms with Crippen LogP contribution in [0, 0.1) is 0 Å². The van der Waals surface area contributed by atoms with E-state index in [-0.39, 0.29) is 11.9 Å². The molecule has 0 fully saturated rings. The van der Waals surface area contributed by atoms with Gasteiger partial charge in [-0.3, -0.25) is 4.79 Å². The molecule has 2 aromatic rings. The van der Waals surface area contributed by atoms with Crippen molar-refractivity contribution in [3.63, 3.8) is 0 Å². The number of pyridine rings is 1. The van der Waals surface area contributed by atoms with Crippen LogP contribution in [0.5, 0.6) is 0 Å². The zero-order valence-electron chi connectivity index (χ0n) is 14.1. The Balaban J connectivity index is 1.93. The van der Waals surface area contributed by atoms with Crippen molar-refractivity contribution in [2.75, 3.05) is 26.0 Å². The lowest BCUT2D eigenvalue weighted by Gasteiger charge is -2.11. The molecular weight excluding hydrogens is 306 g/mol. The largest absolute Gasteiger partial charge is 0.462 e. The number of amides is 1. The van der Waals surface area contributed by atoms with E-state index in [0.717, 1.165) is 5.56 Å². The molecule has 1 aromatic heterocycles. The molecule has 1 aromatic carbocycles. The van der Waals surface area contributed by atoms with E-state index in [9.17, 15) is 9.59 Å². The van der Waals surface area contributed by atoms with Gasteiger partial charge >= 0.3 is 5.97 Å². The lowest BCUT2D eigenvalue weighted by molar-refractivity contribution is 0.0525. The van der Waals surface area contributed by atoms with Gasteiger partial charge in [0.1, 0.15) is 5.82 Å². The Bertz CT molecular complexity index is 694. The first-order chi connectivity index (χ1) is 11.5. The molecule has 2 rings (SSSR count). The molecular formula is C18H21N3O3. The molecule has 0 saturated carbocycles. The highest BCUT2D eigenvalue weighted by Gasteiger charge is 2.08. The lowest BCUT2D eigenvalue weighted by atomic mass is 10.1. The SMILES string of the molecule is CCOC(=O)c1ccc(NCc2ccc(C(=O)N(C)C)cc2)nc1. The molecule has 1 N–H and O–H groups in total. The van der Waals surface area contributed by atoms with Crippen LogP contribution in [0.15, 0.2) is 42.6 Å². The second-order valence-electron chi connectivity index (χ2n) is 5.40. The van der Waals surface area contributed by atoms with Gasteiger partial charge in [-0.05, 0) is 36.8 Å². The molecule has 1 amide bonds. The number of carbonyl (C=O) groups is 2. The molecule has 0 aliphatic rings. The van der Waals surface area contributed by atoms with Crippen LogP contribution in [-0.4, -0.2) is 42.5 Å². The number of hydrogen-bond donors (Lipinski definition) is 1. The smallest absolute Gasteiger partial charge is 0.339 e. The number of esters is 1. The molecule has 126 valence electrons. The van der Waals surface area contributed by atoms with Crippen molar-refractivity contribution in [1.82, 2.24) is 9.88 Å². The monoisotopic (exact) mass is 327 g/mol.